The van der Waals surface area contributed by atoms with Crippen LogP contribution in [0.5, 0.6) is 5.75 Å². The average Bonchev–Trinajstić information content (AvgIpc) is 3.42. The van der Waals surface area contributed by atoms with E-state index in [9.17, 15) is 23.1 Å². The molecule has 214 valence electrons. The number of aliphatic hydroxyl groups is 1. The Labute approximate surface area is 231 Å². The first-order chi connectivity index (χ1) is 19.0. The van der Waals surface area contributed by atoms with E-state index >= 15 is 0 Å². The standard InChI is InChI=1S/C29H34F3N5O3/c1-18-4-5-23(36-16-24-6-7-25(17-36)37(24)8-9-38)13-27(18)28(39)34-19(2)20-10-21(22-14-33-35(3)15-22)12-26(11-20)40-29(30,31)32/h4-5,10-15,19,24-25,38H,6-9,16-17H2,1-3H3,(H,34,39)/t19-,24-,25+/m1/s1. The summed E-state index contributed by atoms with van der Waals surface area (Å²) in [6.45, 7) is 6.09. The Balaban J connectivity index is 1.36. The van der Waals surface area contributed by atoms with E-state index in [1.165, 1.54) is 12.1 Å². The number of hydrogen-bond donors (Lipinski definition) is 2. The van der Waals surface area contributed by atoms with Crippen LogP contribution in [0.2, 0.25) is 0 Å². The fourth-order valence-electron chi connectivity index (χ4n) is 5.89. The molecule has 40 heavy (non-hydrogen) atoms. The normalized spacial score (nSPS) is 20.0. The minimum Gasteiger partial charge on any atom is -0.406 e. The zero-order valence-corrected chi connectivity index (χ0v) is 22.8. The summed E-state index contributed by atoms with van der Waals surface area (Å²) in [5.41, 5.74) is 3.89. The second-order valence-electron chi connectivity index (χ2n) is 10.7. The molecule has 11 heteroatoms. The van der Waals surface area contributed by atoms with Gasteiger partial charge >= 0.3 is 6.36 Å². The zero-order chi connectivity index (χ0) is 28.6. The molecule has 2 aromatic carbocycles. The fourth-order valence-corrected chi connectivity index (χ4v) is 5.89. The summed E-state index contributed by atoms with van der Waals surface area (Å²) in [5.74, 6) is -0.670. The van der Waals surface area contributed by atoms with E-state index in [2.05, 4.69) is 25.0 Å². The van der Waals surface area contributed by atoms with E-state index in [-0.39, 0.29) is 18.3 Å². The van der Waals surface area contributed by atoms with Crippen molar-refractivity contribution in [3.05, 3.63) is 65.5 Å². The highest BCUT2D eigenvalue weighted by atomic mass is 19.4. The number of halogens is 3. The summed E-state index contributed by atoms with van der Waals surface area (Å²) in [7, 11) is 1.72. The van der Waals surface area contributed by atoms with Gasteiger partial charge in [-0.3, -0.25) is 14.4 Å². The lowest BCUT2D eigenvalue weighted by Crippen LogP contribution is -2.54. The third-order valence-corrected chi connectivity index (χ3v) is 7.87. The zero-order valence-electron chi connectivity index (χ0n) is 22.8. The Bertz CT molecular complexity index is 1360. The van der Waals surface area contributed by atoms with Crippen LogP contribution in [0.3, 0.4) is 0 Å². The molecular formula is C29H34F3N5O3. The Hall–Kier alpha value is -3.57. The first kappa shape index (κ1) is 28.0. The second kappa shape index (κ2) is 11.1. The first-order valence-electron chi connectivity index (χ1n) is 13.4. The summed E-state index contributed by atoms with van der Waals surface area (Å²) in [5, 5.41) is 16.5. The van der Waals surface area contributed by atoms with Crippen molar-refractivity contribution >= 4 is 11.6 Å². The van der Waals surface area contributed by atoms with Crippen molar-refractivity contribution in [1.82, 2.24) is 20.0 Å². The number of carbonyl (C=O) groups excluding carboxylic acids is 1. The van der Waals surface area contributed by atoms with Gasteiger partial charge in [0.25, 0.3) is 5.91 Å². The van der Waals surface area contributed by atoms with Crippen molar-refractivity contribution in [2.75, 3.05) is 31.1 Å². The van der Waals surface area contributed by atoms with Crippen LogP contribution in [0.4, 0.5) is 18.9 Å². The summed E-state index contributed by atoms with van der Waals surface area (Å²) in [6.07, 6.45) is 0.596. The van der Waals surface area contributed by atoms with Gasteiger partial charge in [0.2, 0.25) is 0 Å². The summed E-state index contributed by atoms with van der Waals surface area (Å²) < 4.78 is 45.0. The first-order valence-corrected chi connectivity index (χ1v) is 13.4. The number of anilines is 1. The predicted octanol–water partition coefficient (Wildman–Crippen LogP) is 4.43. The van der Waals surface area contributed by atoms with Crippen molar-refractivity contribution in [3.63, 3.8) is 0 Å². The number of alkyl halides is 3. The van der Waals surface area contributed by atoms with Crippen molar-refractivity contribution in [2.45, 2.75) is 51.2 Å². The fraction of sp³-hybridized carbons (Fsp3) is 0.448. The molecule has 1 amide bonds. The van der Waals surface area contributed by atoms with Crippen molar-refractivity contribution in [3.8, 4) is 16.9 Å². The SMILES string of the molecule is Cc1ccc(N2C[C@H]3CC[C@@H](C2)N3CCO)cc1C(=O)N[C@H](C)c1cc(OC(F)(F)F)cc(-c2cnn(C)c2)c1. The Morgan fingerprint density at radius 3 is 2.50 bits per heavy atom. The van der Waals surface area contributed by atoms with Crippen molar-refractivity contribution < 1.29 is 27.8 Å². The predicted molar refractivity (Wildman–Crippen MR) is 145 cm³/mol. The Morgan fingerprint density at radius 2 is 1.88 bits per heavy atom. The van der Waals surface area contributed by atoms with E-state index < -0.39 is 12.4 Å². The lowest BCUT2D eigenvalue weighted by Gasteiger charge is -2.42. The molecule has 2 aliphatic rings. The lowest BCUT2D eigenvalue weighted by atomic mass is 10.0. The van der Waals surface area contributed by atoms with Crippen LogP contribution in [0.1, 0.15) is 47.3 Å². The molecule has 2 fully saturated rings. The molecule has 2 bridgehead atoms. The highest BCUT2D eigenvalue weighted by Gasteiger charge is 2.39. The van der Waals surface area contributed by atoms with Crippen molar-refractivity contribution in [1.29, 1.82) is 0 Å². The quantitative estimate of drug-likeness (QED) is 0.427. The van der Waals surface area contributed by atoms with Crippen LogP contribution in [-0.2, 0) is 7.05 Å². The lowest BCUT2D eigenvalue weighted by molar-refractivity contribution is -0.274. The molecule has 0 saturated carbocycles. The van der Waals surface area contributed by atoms with Crippen molar-refractivity contribution in [2.24, 2.45) is 7.05 Å². The van der Waals surface area contributed by atoms with Gasteiger partial charge in [-0.15, -0.1) is 13.2 Å². The number of aromatic nitrogens is 2. The van der Waals surface area contributed by atoms with Gasteiger partial charge in [-0.05, 0) is 73.7 Å². The average molecular weight is 558 g/mol. The largest absolute Gasteiger partial charge is 0.573 e. The second-order valence-corrected chi connectivity index (χ2v) is 10.7. The van der Waals surface area contributed by atoms with E-state index in [0.717, 1.165) is 37.2 Å². The van der Waals surface area contributed by atoms with Crippen LogP contribution in [-0.4, -0.2) is 70.4 Å². The number of fused-ring (bicyclic) bond motifs is 2. The maximum atomic E-state index is 13.4. The molecular weight excluding hydrogens is 523 g/mol. The number of rotatable bonds is 8. The third kappa shape index (κ3) is 6.10. The molecule has 0 unspecified atom stereocenters. The van der Waals surface area contributed by atoms with E-state index in [0.29, 0.717) is 40.9 Å². The van der Waals surface area contributed by atoms with E-state index in [1.54, 1.807) is 37.1 Å². The van der Waals surface area contributed by atoms with Crippen LogP contribution in [0.25, 0.3) is 11.1 Å². The van der Waals surface area contributed by atoms with E-state index in [1.807, 2.05) is 25.1 Å². The molecule has 0 radical (unpaired) electrons. The van der Waals surface area contributed by atoms with Crippen LogP contribution < -0.4 is 15.0 Å². The third-order valence-electron chi connectivity index (χ3n) is 7.87. The monoisotopic (exact) mass is 557 g/mol. The maximum absolute atomic E-state index is 13.4. The van der Waals surface area contributed by atoms with Gasteiger partial charge in [0.1, 0.15) is 5.75 Å². The van der Waals surface area contributed by atoms with Crippen LogP contribution in [0.15, 0.2) is 48.8 Å². The van der Waals surface area contributed by atoms with Gasteiger partial charge in [-0.2, -0.15) is 5.10 Å². The molecule has 3 heterocycles. The summed E-state index contributed by atoms with van der Waals surface area (Å²) in [6, 6.07) is 10.3. The molecule has 2 N–H and O–H groups in total. The number of nitrogens with one attached hydrogen (secondary N) is 1. The number of aliphatic hydroxyl groups excluding tert-OH is 1. The van der Waals surface area contributed by atoms with Crippen LogP contribution >= 0.6 is 0 Å². The molecule has 8 nitrogen and oxygen atoms in total. The highest BCUT2D eigenvalue weighted by Crippen LogP contribution is 2.34. The smallest absolute Gasteiger partial charge is 0.406 e. The Kier molecular flexibility index (Phi) is 7.78. The molecule has 0 spiro atoms. The minimum atomic E-state index is -4.85. The molecule has 3 atom stereocenters. The van der Waals surface area contributed by atoms with E-state index in [4.69, 9.17) is 0 Å². The van der Waals surface area contributed by atoms with Gasteiger partial charge < -0.3 is 20.1 Å². The number of nitrogens with zero attached hydrogens (tertiary/aromatic N) is 4. The topological polar surface area (TPSA) is 82.9 Å². The van der Waals surface area contributed by atoms with Crippen LogP contribution in [0, 0.1) is 6.92 Å². The Morgan fingerprint density at radius 1 is 1.15 bits per heavy atom. The number of aryl methyl sites for hydroxylation is 2. The minimum absolute atomic E-state index is 0.148. The summed E-state index contributed by atoms with van der Waals surface area (Å²) in [4.78, 5) is 18.1. The number of ether oxygens (including phenoxy) is 1. The van der Waals surface area contributed by atoms with Gasteiger partial charge in [-0.25, -0.2) is 0 Å². The van der Waals surface area contributed by atoms with Gasteiger partial charge in [0.05, 0.1) is 18.8 Å². The van der Waals surface area contributed by atoms with Gasteiger partial charge in [0.15, 0.2) is 0 Å². The molecule has 2 saturated heterocycles. The number of benzene rings is 2. The number of hydrogen-bond acceptors (Lipinski definition) is 6. The number of carbonyl (C=O) groups is 1. The van der Waals surface area contributed by atoms with Gasteiger partial charge in [0, 0.05) is 61.8 Å². The summed E-state index contributed by atoms with van der Waals surface area (Å²) >= 11 is 0. The van der Waals surface area contributed by atoms with Gasteiger partial charge in [-0.1, -0.05) is 6.07 Å². The number of amides is 1. The molecule has 0 aliphatic carbocycles. The molecule has 5 rings (SSSR count). The molecule has 2 aliphatic heterocycles. The molecule has 3 aromatic rings. The highest BCUT2D eigenvalue weighted by molar-refractivity contribution is 5.97. The molecule has 1 aromatic heterocycles. The maximum Gasteiger partial charge on any atom is 0.573 e. The number of piperazine rings is 1.